The number of nitrogens with zero attached hydrogens (tertiary/aromatic N) is 2. The van der Waals surface area contributed by atoms with E-state index in [1.54, 1.807) is 0 Å². The molecule has 1 aliphatic rings. The van der Waals surface area contributed by atoms with E-state index in [2.05, 4.69) is 213 Å². The van der Waals surface area contributed by atoms with Crippen LogP contribution in [-0.2, 0) is 5.41 Å². The van der Waals surface area contributed by atoms with Crippen molar-refractivity contribution < 1.29 is 8.83 Å². The molecule has 2 atom stereocenters. The first-order valence-electron chi connectivity index (χ1n) is 21.4. The first kappa shape index (κ1) is 35.6. The van der Waals surface area contributed by atoms with Crippen LogP contribution in [0, 0.1) is 5.92 Å². The molecule has 4 heteroatoms. The Hall–Kier alpha value is -7.30. The van der Waals surface area contributed by atoms with Gasteiger partial charge in [-0.3, -0.25) is 0 Å². The molecular formula is C57H44N2O2. The largest absolute Gasteiger partial charge is 0.454 e. The van der Waals surface area contributed by atoms with Gasteiger partial charge in [0, 0.05) is 43.4 Å². The van der Waals surface area contributed by atoms with Gasteiger partial charge in [-0.05, 0) is 75.5 Å². The molecule has 0 N–H and O–H groups in total. The summed E-state index contributed by atoms with van der Waals surface area (Å²) in [6.45, 7) is 9.23. The molecule has 61 heavy (non-hydrogen) atoms. The lowest BCUT2D eigenvalue weighted by molar-refractivity contribution is 0.591. The minimum atomic E-state index is -0.00777. The average molecular weight is 789 g/mol. The lowest BCUT2D eigenvalue weighted by atomic mass is 9.83. The maximum atomic E-state index is 6.87. The number of furan rings is 2. The van der Waals surface area contributed by atoms with E-state index in [4.69, 9.17) is 8.83 Å². The predicted molar refractivity (Wildman–Crippen MR) is 258 cm³/mol. The summed E-state index contributed by atoms with van der Waals surface area (Å²) in [4.78, 5) is 4.97. The Bertz CT molecular complexity index is 3540. The number of rotatable bonds is 6. The first-order valence-corrected chi connectivity index (χ1v) is 21.4. The van der Waals surface area contributed by atoms with Crippen molar-refractivity contribution in [1.82, 2.24) is 0 Å². The van der Waals surface area contributed by atoms with Gasteiger partial charge in [0.25, 0.3) is 0 Å². The van der Waals surface area contributed by atoms with Gasteiger partial charge in [0.1, 0.15) is 11.2 Å². The summed E-state index contributed by atoms with van der Waals surface area (Å²) >= 11 is 0. The van der Waals surface area contributed by atoms with Gasteiger partial charge in [-0.15, -0.1) is 0 Å². The molecule has 0 bridgehead atoms. The molecule has 0 radical (unpaired) electrons. The third-order valence-electron chi connectivity index (χ3n) is 13.0. The molecule has 0 saturated carbocycles. The molecule has 0 amide bonds. The molecule has 2 aromatic heterocycles. The van der Waals surface area contributed by atoms with Gasteiger partial charge in [-0.2, -0.15) is 0 Å². The molecule has 4 nitrogen and oxygen atoms in total. The highest BCUT2D eigenvalue weighted by atomic mass is 16.3. The van der Waals surface area contributed by atoms with Gasteiger partial charge in [-0.25, -0.2) is 0 Å². The smallest absolute Gasteiger partial charge is 0.159 e. The van der Waals surface area contributed by atoms with Gasteiger partial charge < -0.3 is 18.6 Å². The second kappa shape index (κ2) is 13.4. The minimum Gasteiger partial charge on any atom is -0.454 e. The molecule has 2 unspecified atom stereocenters. The Balaban J connectivity index is 1.24. The van der Waals surface area contributed by atoms with Gasteiger partial charge in [0.05, 0.1) is 28.8 Å². The number of allylic oxidation sites excluding steroid dienone is 2. The summed E-state index contributed by atoms with van der Waals surface area (Å²) in [5, 5.41) is 11.8. The zero-order valence-electron chi connectivity index (χ0n) is 34.7. The lowest BCUT2D eigenvalue weighted by Crippen LogP contribution is -2.35. The Morgan fingerprint density at radius 2 is 1.02 bits per heavy atom. The van der Waals surface area contributed by atoms with E-state index in [9.17, 15) is 0 Å². The van der Waals surface area contributed by atoms with Gasteiger partial charge in [0.2, 0.25) is 0 Å². The number of para-hydroxylation sites is 5. The molecule has 11 aromatic rings. The van der Waals surface area contributed by atoms with Crippen LogP contribution in [0.4, 0.5) is 28.4 Å². The summed E-state index contributed by atoms with van der Waals surface area (Å²) in [5.41, 5.74) is 10.1. The van der Waals surface area contributed by atoms with Crippen molar-refractivity contribution in [2.45, 2.75) is 39.2 Å². The monoisotopic (exact) mass is 788 g/mol. The van der Waals surface area contributed by atoms with Gasteiger partial charge in [0.15, 0.2) is 11.2 Å². The Labute approximate surface area is 354 Å². The highest BCUT2D eigenvalue weighted by Crippen LogP contribution is 2.52. The molecule has 0 saturated heterocycles. The number of fused-ring (bicyclic) bond motifs is 6. The Morgan fingerprint density at radius 3 is 1.66 bits per heavy atom. The van der Waals surface area contributed by atoms with E-state index in [0.717, 1.165) is 72.3 Å². The summed E-state index contributed by atoms with van der Waals surface area (Å²) in [6, 6.07) is 57.3. The van der Waals surface area contributed by atoms with E-state index in [1.165, 1.54) is 37.9 Å². The topological polar surface area (TPSA) is 32.8 Å². The second-order valence-electron chi connectivity index (χ2n) is 17.7. The number of hydrogen-bond donors (Lipinski definition) is 0. The van der Waals surface area contributed by atoms with Crippen molar-refractivity contribution in [3.8, 4) is 0 Å². The summed E-state index contributed by atoms with van der Waals surface area (Å²) in [7, 11) is 0. The lowest BCUT2D eigenvalue weighted by Gasteiger charge is -2.38. The maximum absolute atomic E-state index is 6.87. The Morgan fingerprint density at radius 1 is 0.459 bits per heavy atom. The molecule has 294 valence electrons. The summed E-state index contributed by atoms with van der Waals surface area (Å²) in [6.07, 6.45) is 9.04. The third kappa shape index (κ3) is 5.45. The fourth-order valence-electron chi connectivity index (χ4n) is 9.99. The number of benzene rings is 9. The fraction of sp³-hybridized carbons (Fsp3) is 0.123. The van der Waals surface area contributed by atoms with Crippen LogP contribution in [0.15, 0.2) is 191 Å². The molecule has 2 heterocycles. The minimum absolute atomic E-state index is 0.00478. The van der Waals surface area contributed by atoms with E-state index in [0.29, 0.717) is 0 Å². The zero-order chi connectivity index (χ0) is 41.0. The van der Waals surface area contributed by atoms with Crippen molar-refractivity contribution in [2.75, 3.05) is 9.80 Å². The van der Waals surface area contributed by atoms with E-state index in [-0.39, 0.29) is 17.4 Å². The van der Waals surface area contributed by atoms with Crippen LogP contribution in [0.5, 0.6) is 0 Å². The predicted octanol–water partition coefficient (Wildman–Crippen LogP) is 16.4. The first-order chi connectivity index (χ1) is 29.8. The Kier molecular flexibility index (Phi) is 7.80. The maximum Gasteiger partial charge on any atom is 0.159 e. The highest BCUT2D eigenvalue weighted by molar-refractivity contribution is 6.29. The van der Waals surface area contributed by atoms with Crippen LogP contribution in [0.2, 0.25) is 0 Å². The number of hydrogen-bond acceptors (Lipinski definition) is 4. The SMILES string of the molecule is CC1C=CC=CC1N(c1cc(N(c2ccccc2)c2cccc3c2oc2ccccc23)c2ccc3cc(C(C)(C)C)cc4ccc1c2c34)c1cccc2c1oc1ccccc12. The van der Waals surface area contributed by atoms with Crippen LogP contribution in [-0.4, -0.2) is 6.04 Å². The molecule has 12 rings (SSSR count). The van der Waals surface area contributed by atoms with Gasteiger partial charge in [-0.1, -0.05) is 167 Å². The molecule has 0 fully saturated rings. The number of anilines is 5. The summed E-state index contributed by atoms with van der Waals surface area (Å²) in [5.74, 6) is 0.204. The van der Waals surface area contributed by atoms with E-state index < -0.39 is 0 Å². The molecule has 0 aliphatic heterocycles. The van der Waals surface area contributed by atoms with Crippen molar-refractivity contribution in [3.63, 3.8) is 0 Å². The van der Waals surface area contributed by atoms with Crippen LogP contribution in [0.25, 0.3) is 76.2 Å². The van der Waals surface area contributed by atoms with Crippen molar-refractivity contribution in [2.24, 2.45) is 5.92 Å². The molecular weight excluding hydrogens is 745 g/mol. The molecule has 0 spiro atoms. The molecule has 9 aromatic carbocycles. The standard InChI is InChI=1S/C57H44N2O2/c1-35-16-8-11-23-46(35)59(48-25-15-22-43-41-20-10-13-27-52(41)61-56(43)48)50-34-49(44-30-28-36-32-38(57(2,3)4)33-37-29-31-45(50)54(44)53(36)37)58(39-17-6-5-7-18-39)47-24-14-21-42-40-19-9-12-26-51(40)60-55(42)47/h5-35,46H,1-4H3. The normalized spacial score (nSPS) is 15.7. The fourth-order valence-corrected chi connectivity index (χ4v) is 9.99. The van der Waals surface area contributed by atoms with E-state index in [1.807, 2.05) is 6.07 Å². The van der Waals surface area contributed by atoms with Crippen LogP contribution < -0.4 is 9.80 Å². The summed E-state index contributed by atoms with van der Waals surface area (Å²) < 4.78 is 13.7. The van der Waals surface area contributed by atoms with Crippen molar-refractivity contribution >= 4 is 105 Å². The second-order valence-corrected chi connectivity index (χ2v) is 17.7. The van der Waals surface area contributed by atoms with Crippen molar-refractivity contribution in [1.29, 1.82) is 0 Å². The van der Waals surface area contributed by atoms with Crippen LogP contribution >= 0.6 is 0 Å². The average Bonchev–Trinajstić information content (AvgIpc) is 3.86. The van der Waals surface area contributed by atoms with E-state index >= 15 is 0 Å². The highest BCUT2D eigenvalue weighted by Gasteiger charge is 2.32. The van der Waals surface area contributed by atoms with Crippen LogP contribution in [0.1, 0.15) is 33.3 Å². The third-order valence-corrected chi connectivity index (χ3v) is 13.0. The zero-order valence-corrected chi connectivity index (χ0v) is 34.7. The van der Waals surface area contributed by atoms with Crippen molar-refractivity contribution in [3.05, 3.63) is 188 Å². The quantitative estimate of drug-likeness (QED) is 0.157. The van der Waals surface area contributed by atoms with Crippen LogP contribution in [0.3, 0.4) is 0 Å². The molecule has 1 aliphatic carbocycles. The van der Waals surface area contributed by atoms with Gasteiger partial charge >= 0.3 is 0 Å².